The van der Waals surface area contributed by atoms with Crippen LogP contribution in [0.1, 0.15) is 45.6 Å². The normalized spacial score (nSPS) is 16.3. The fourth-order valence-corrected chi connectivity index (χ4v) is 4.37. The molecule has 2 aromatic heterocycles. The van der Waals surface area contributed by atoms with Crippen LogP contribution in [0.5, 0.6) is 0 Å². The zero-order valence-corrected chi connectivity index (χ0v) is 18.4. The van der Waals surface area contributed by atoms with Crippen LogP contribution in [-0.4, -0.2) is 25.2 Å². The van der Waals surface area contributed by atoms with Crippen molar-refractivity contribution in [2.75, 3.05) is 11.4 Å². The van der Waals surface area contributed by atoms with E-state index < -0.39 is 0 Å². The van der Waals surface area contributed by atoms with Crippen LogP contribution in [0.2, 0.25) is 0 Å². The molecule has 3 aromatic rings. The molecule has 1 atom stereocenters. The third-order valence-electron chi connectivity index (χ3n) is 5.96. The Bertz CT molecular complexity index is 1170. The molecule has 4 rings (SSSR count). The van der Waals surface area contributed by atoms with Crippen LogP contribution in [0.25, 0.3) is 11.2 Å². The predicted molar refractivity (Wildman–Crippen MR) is 121 cm³/mol. The summed E-state index contributed by atoms with van der Waals surface area (Å²) < 4.78 is 4.85. The number of fused-ring (bicyclic) bond motifs is 3. The van der Waals surface area contributed by atoms with E-state index in [4.69, 9.17) is 4.98 Å². The summed E-state index contributed by atoms with van der Waals surface area (Å²) in [6.07, 6.45) is 4.19. The molecule has 1 aromatic carbocycles. The summed E-state index contributed by atoms with van der Waals surface area (Å²) in [5, 5.41) is 0. The lowest BCUT2D eigenvalue weighted by Crippen LogP contribution is -2.40. The number of anilines is 2. The van der Waals surface area contributed by atoms with Gasteiger partial charge in [-0.2, -0.15) is 4.98 Å². The summed E-state index contributed by atoms with van der Waals surface area (Å²) in [5.74, 6) is 1.09. The second-order valence-electron chi connectivity index (χ2n) is 8.48. The molecule has 0 saturated carbocycles. The smallest absolute Gasteiger partial charge is 0.312 e. The summed E-state index contributed by atoms with van der Waals surface area (Å²) in [6, 6.07) is 8.64. The Kier molecular flexibility index (Phi) is 5.54. The van der Waals surface area contributed by atoms with Gasteiger partial charge in [-0.25, -0.2) is 4.79 Å². The number of aromatic nitrogens is 4. The van der Waals surface area contributed by atoms with Crippen LogP contribution in [0.4, 0.5) is 11.6 Å². The van der Waals surface area contributed by atoms with Crippen molar-refractivity contribution < 1.29 is 0 Å². The van der Waals surface area contributed by atoms with E-state index in [0.717, 1.165) is 37.6 Å². The molecular formula is C23H31N5O2. The van der Waals surface area contributed by atoms with Crippen molar-refractivity contribution in [1.82, 2.24) is 18.7 Å². The maximum atomic E-state index is 13.2. The van der Waals surface area contributed by atoms with E-state index in [1.165, 1.54) is 27.5 Å². The third-order valence-corrected chi connectivity index (χ3v) is 5.96. The van der Waals surface area contributed by atoms with E-state index in [2.05, 4.69) is 43.0 Å². The predicted octanol–water partition coefficient (Wildman–Crippen LogP) is 3.44. The van der Waals surface area contributed by atoms with Crippen molar-refractivity contribution in [3.05, 3.63) is 50.7 Å². The first-order valence-corrected chi connectivity index (χ1v) is 11.0. The molecule has 160 valence electrons. The van der Waals surface area contributed by atoms with E-state index >= 15 is 0 Å². The lowest BCUT2D eigenvalue weighted by Gasteiger charge is -2.33. The first-order valence-electron chi connectivity index (χ1n) is 11.0. The number of hydrogen-bond acceptors (Lipinski definition) is 4. The van der Waals surface area contributed by atoms with E-state index in [1.54, 1.807) is 7.05 Å². The molecule has 0 fully saturated rings. The Labute approximate surface area is 176 Å². The van der Waals surface area contributed by atoms with Gasteiger partial charge in [0.1, 0.15) is 0 Å². The first-order chi connectivity index (χ1) is 14.5. The molecule has 3 heterocycles. The van der Waals surface area contributed by atoms with Crippen molar-refractivity contribution in [1.29, 1.82) is 0 Å². The standard InChI is InChI=1S/C23H31N5O2/c1-5-7-8-17-9-11-18(12-10-17)27-14-16(3)15-28-19-20(24-22(27)28)25(4)23(30)26(13-6-2)21(19)29/h9-12,16H,5-8,13-15H2,1-4H3/t16-/m0/s1. The Balaban J connectivity index is 1.85. The van der Waals surface area contributed by atoms with Crippen molar-refractivity contribution >= 4 is 22.8 Å². The molecule has 7 nitrogen and oxygen atoms in total. The molecule has 0 aliphatic carbocycles. The highest BCUT2D eigenvalue weighted by molar-refractivity contribution is 5.77. The maximum absolute atomic E-state index is 13.2. The van der Waals surface area contributed by atoms with E-state index in [9.17, 15) is 9.59 Å². The van der Waals surface area contributed by atoms with Gasteiger partial charge in [0.2, 0.25) is 5.95 Å². The quantitative estimate of drug-likeness (QED) is 0.626. The lowest BCUT2D eigenvalue weighted by atomic mass is 10.1. The van der Waals surface area contributed by atoms with Crippen molar-refractivity contribution in [3.8, 4) is 0 Å². The largest absolute Gasteiger partial charge is 0.332 e. The average molecular weight is 410 g/mol. The van der Waals surface area contributed by atoms with Gasteiger partial charge in [0.05, 0.1) is 0 Å². The van der Waals surface area contributed by atoms with Crippen LogP contribution < -0.4 is 16.1 Å². The molecule has 0 radical (unpaired) electrons. The minimum atomic E-state index is -0.301. The molecule has 0 unspecified atom stereocenters. The van der Waals surface area contributed by atoms with Gasteiger partial charge in [0, 0.05) is 32.4 Å². The molecule has 1 aliphatic rings. The van der Waals surface area contributed by atoms with Crippen LogP contribution in [-0.2, 0) is 26.6 Å². The molecule has 0 amide bonds. The van der Waals surface area contributed by atoms with Gasteiger partial charge < -0.3 is 9.47 Å². The first kappa shape index (κ1) is 20.4. The second kappa shape index (κ2) is 8.13. The van der Waals surface area contributed by atoms with E-state index in [0.29, 0.717) is 23.6 Å². The minimum Gasteiger partial charge on any atom is -0.312 e. The summed E-state index contributed by atoms with van der Waals surface area (Å²) in [7, 11) is 1.70. The van der Waals surface area contributed by atoms with Crippen molar-refractivity contribution in [2.45, 2.75) is 59.5 Å². The van der Waals surface area contributed by atoms with Gasteiger partial charge in [-0.15, -0.1) is 0 Å². The summed E-state index contributed by atoms with van der Waals surface area (Å²) in [5.41, 5.74) is 2.85. The molecule has 1 aliphatic heterocycles. The summed E-state index contributed by atoms with van der Waals surface area (Å²) in [4.78, 5) is 32.8. The van der Waals surface area contributed by atoms with Crippen molar-refractivity contribution in [2.24, 2.45) is 13.0 Å². The minimum absolute atomic E-state index is 0.238. The number of nitrogens with zero attached hydrogens (tertiary/aromatic N) is 5. The lowest BCUT2D eigenvalue weighted by molar-refractivity contribution is 0.457. The van der Waals surface area contributed by atoms with Gasteiger partial charge in [0.25, 0.3) is 5.56 Å². The highest BCUT2D eigenvalue weighted by Crippen LogP contribution is 2.33. The number of imidazole rings is 1. The van der Waals surface area contributed by atoms with Crippen LogP contribution in [0.15, 0.2) is 33.9 Å². The molecule has 0 spiro atoms. The Hall–Kier alpha value is -2.83. The van der Waals surface area contributed by atoms with E-state index in [-0.39, 0.29) is 11.2 Å². The Morgan fingerprint density at radius 3 is 2.47 bits per heavy atom. The molecule has 30 heavy (non-hydrogen) atoms. The second-order valence-corrected chi connectivity index (χ2v) is 8.48. The number of rotatable bonds is 6. The molecule has 0 bridgehead atoms. The zero-order valence-electron chi connectivity index (χ0n) is 18.4. The number of unbranched alkanes of at least 4 members (excludes halogenated alkanes) is 1. The Morgan fingerprint density at radius 2 is 1.80 bits per heavy atom. The maximum Gasteiger partial charge on any atom is 0.332 e. The topological polar surface area (TPSA) is 65.1 Å². The van der Waals surface area contributed by atoms with Crippen LogP contribution >= 0.6 is 0 Å². The number of benzene rings is 1. The third kappa shape index (κ3) is 3.36. The van der Waals surface area contributed by atoms with Crippen LogP contribution in [0.3, 0.4) is 0 Å². The fourth-order valence-electron chi connectivity index (χ4n) is 4.37. The molecule has 7 heteroatoms. The highest BCUT2D eigenvalue weighted by Gasteiger charge is 2.29. The number of aryl methyl sites for hydroxylation is 2. The van der Waals surface area contributed by atoms with E-state index in [1.807, 2.05) is 11.5 Å². The molecule has 0 N–H and O–H groups in total. The van der Waals surface area contributed by atoms with Gasteiger partial charge >= 0.3 is 5.69 Å². The zero-order chi connectivity index (χ0) is 21.4. The fraction of sp³-hybridized carbons (Fsp3) is 0.522. The van der Waals surface area contributed by atoms with Crippen molar-refractivity contribution in [3.63, 3.8) is 0 Å². The SMILES string of the molecule is CCCCc1ccc(N2C[C@H](C)Cn3c2nc2c3c(=O)n(CCC)c(=O)n2C)cc1. The van der Waals surface area contributed by atoms with Gasteiger partial charge in [0.15, 0.2) is 11.2 Å². The summed E-state index contributed by atoms with van der Waals surface area (Å²) in [6.45, 7) is 8.32. The van der Waals surface area contributed by atoms with Gasteiger partial charge in [-0.05, 0) is 42.9 Å². The molecular weight excluding hydrogens is 378 g/mol. The van der Waals surface area contributed by atoms with Gasteiger partial charge in [-0.3, -0.25) is 13.9 Å². The van der Waals surface area contributed by atoms with Gasteiger partial charge in [-0.1, -0.05) is 39.3 Å². The number of hydrogen-bond donors (Lipinski definition) is 0. The van der Waals surface area contributed by atoms with Crippen LogP contribution in [0, 0.1) is 5.92 Å². The highest BCUT2D eigenvalue weighted by atomic mass is 16.2. The monoisotopic (exact) mass is 409 g/mol. The molecule has 0 saturated heterocycles. The average Bonchev–Trinajstić information content (AvgIpc) is 3.13. The Morgan fingerprint density at radius 1 is 1.07 bits per heavy atom. The summed E-state index contributed by atoms with van der Waals surface area (Å²) >= 11 is 0.